The molecule has 0 aliphatic rings. The van der Waals surface area contributed by atoms with Gasteiger partial charge in [0.25, 0.3) is 11.8 Å². The maximum atomic E-state index is 12.8. The summed E-state index contributed by atoms with van der Waals surface area (Å²) in [6, 6.07) is 15.7. The predicted molar refractivity (Wildman–Crippen MR) is 167 cm³/mol. The third-order valence-corrected chi connectivity index (χ3v) is 6.35. The number of hydrogen-bond donors (Lipinski definition) is 3. The van der Waals surface area contributed by atoms with Gasteiger partial charge < -0.3 is 26.2 Å². The van der Waals surface area contributed by atoms with Crippen LogP contribution in [0.3, 0.4) is 0 Å². The fourth-order valence-corrected chi connectivity index (χ4v) is 4.06. The van der Waals surface area contributed by atoms with Gasteiger partial charge in [-0.2, -0.15) is 0 Å². The number of carbonyl (C=O) groups excluding carboxylic acids is 3. The molecular formula is C32H34N8O3. The molecule has 4 rings (SSSR count). The van der Waals surface area contributed by atoms with Gasteiger partial charge >= 0.3 is 0 Å². The van der Waals surface area contributed by atoms with E-state index in [2.05, 4.69) is 25.6 Å². The lowest BCUT2D eigenvalue weighted by Gasteiger charge is -2.12. The molecule has 43 heavy (non-hydrogen) atoms. The summed E-state index contributed by atoms with van der Waals surface area (Å²) >= 11 is 0. The van der Waals surface area contributed by atoms with E-state index < -0.39 is 0 Å². The van der Waals surface area contributed by atoms with E-state index in [4.69, 9.17) is 5.73 Å². The van der Waals surface area contributed by atoms with Crippen LogP contribution in [0.1, 0.15) is 26.4 Å². The lowest BCUT2D eigenvalue weighted by molar-refractivity contribution is -0.111. The smallest absolute Gasteiger partial charge is 0.254 e. The highest BCUT2D eigenvalue weighted by atomic mass is 16.2. The Morgan fingerprint density at radius 2 is 1.60 bits per heavy atom. The van der Waals surface area contributed by atoms with Gasteiger partial charge in [-0.15, -0.1) is 0 Å². The molecule has 3 amide bonds. The average Bonchev–Trinajstić information content (AvgIpc) is 3.00. The Kier molecular flexibility index (Phi) is 9.92. The van der Waals surface area contributed by atoms with Gasteiger partial charge in [0, 0.05) is 67.7 Å². The quantitative estimate of drug-likeness (QED) is 0.243. The fraction of sp³-hybridized carbons (Fsp3) is 0.188. The van der Waals surface area contributed by atoms with Crippen LogP contribution in [0.25, 0.3) is 22.4 Å². The van der Waals surface area contributed by atoms with Gasteiger partial charge in [0.15, 0.2) is 0 Å². The normalized spacial score (nSPS) is 11.0. The van der Waals surface area contributed by atoms with Crippen molar-refractivity contribution in [1.29, 1.82) is 0 Å². The topological polar surface area (TPSA) is 146 Å². The first kappa shape index (κ1) is 30.5. The molecule has 4 N–H and O–H groups in total. The lowest BCUT2D eigenvalue weighted by atomic mass is 10.0. The maximum absolute atomic E-state index is 12.8. The number of rotatable bonds is 10. The molecule has 0 atom stereocenters. The van der Waals surface area contributed by atoms with Gasteiger partial charge in [0.1, 0.15) is 5.82 Å². The summed E-state index contributed by atoms with van der Waals surface area (Å²) < 4.78 is 0. The van der Waals surface area contributed by atoms with Gasteiger partial charge in [-0.25, -0.2) is 4.98 Å². The van der Waals surface area contributed by atoms with Crippen LogP contribution < -0.4 is 16.4 Å². The average molecular weight is 579 g/mol. The summed E-state index contributed by atoms with van der Waals surface area (Å²) in [5, 5.41) is 5.65. The van der Waals surface area contributed by atoms with Crippen molar-refractivity contribution >= 4 is 29.2 Å². The van der Waals surface area contributed by atoms with Crippen molar-refractivity contribution in [2.24, 2.45) is 0 Å². The van der Waals surface area contributed by atoms with Crippen molar-refractivity contribution in [2.45, 2.75) is 6.54 Å². The second kappa shape index (κ2) is 14.0. The van der Waals surface area contributed by atoms with Crippen molar-refractivity contribution in [1.82, 2.24) is 30.1 Å². The predicted octanol–water partition coefficient (Wildman–Crippen LogP) is 3.48. The molecule has 11 heteroatoms. The Bertz CT molecular complexity index is 1630. The van der Waals surface area contributed by atoms with Crippen LogP contribution in [0.4, 0.5) is 11.5 Å². The minimum Gasteiger partial charge on any atom is -0.383 e. The number of pyridine rings is 3. The molecule has 4 aromatic rings. The number of nitrogens with zero attached hydrogens (tertiary/aromatic N) is 5. The summed E-state index contributed by atoms with van der Waals surface area (Å²) in [5.74, 6) is -0.329. The number of likely N-dealkylation sites (N-methyl/N-ethyl adjacent to an activating group) is 1. The first-order valence-corrected chi connectivity index (χ1v) is 13.5. The zero-order valence-corrected chi connectivity index (χ0v) is 24.5. The number of nitrogens with two attached hydrogens (primary N) is 1. The highest BCUT2D eigenvalue weighted by Crippen LogP contribution is 2.29. The van der Waals surface area contributed by atoms with Crippen molar-refractivity contribution in [3.63, 3.8) is 0 Å². The van der Waals surface area contributed by atoms with Gasteiger partial charge in [-0.3, -0.25) is 24.4 Å². The molecule has 1 aromatic carbocycles. The van der Waals surface area contributed by atoms with E-state index >= 15 is 0 Å². The number of nitrogen functional groups attached to an aromatic ring is 1. The third-order valence-electron chi connectivity index (χ3n) is 6.35. The van der Waals surface area contributed by atoms with E-state index in [-0.39, 0.29) is 24.3 Å². The summed E-state index contributed by atoms with van der Waals surface area (Å²) in [4.78, 5) is 53.6. The van der Waals surface area contributed by atoms with E-state index in [1.54, 1.807) is 69.0 Å². The molecule has 0 fully saturated rings. The van der Waals surface area contributed by atoms with Crippen LogP contribution in [0.2, 0.25) is 0 Å². The first-order chi connectivity index (χ1) is 20.6. The van der Waals surface area contributed by atoms with Crippen LogP contribution in [-0.2, 0) is 11.3 Å². The van der Waals surface area contributed by atoms with Crippen molar-refractivity contribution in [3.05, 3.63) is 102 Å². The van der Waals surface area contributed by atoms with Crippen molar-refractivity contribution in [2.75, 3.05) is 45.8 Å². The highest BCUT2D eigenvalue weighted by Gasteiger charge is 2.13. The molecule has 220 valence electrons. The molecule has 3 aromatic heterocycles. The molecule has 0 saturated carbocycles. The maximum Gasteiger partial charge on any atom is 0.254 e. The Hall–Kier alpha value is -5.42. The zero-order chi connectivity index (χ0) is 30.9. The third kappa shape index (κ3) is 8.30. The lowest BCUT2D eigenvalue weighted by Crippen LogP contribution is -2.23. The molecule has 0 radical (unpaired) electrons. The summed E-state index contributed by atoms with van der Waals surface area (Å²) in [6.45, 7) is 0.871. The highest BCUT2D eigenvalue weighted by molar-refractivity contribution is 6.00. The molecule has 0 aliphatic heterocycles. The number of carbonyl (C=O) groups is 3. The molecule has 0 spiro atoms. The summed E-state index contributed by atoms with van der Waals surface area (Å²) in [6.07, 6.45) is 8.10. The number of hydrogen-bond acceptors (Lipinski definition) is 8. The largest absolute Gasteiger partial charge is 0.383 e. The molecule has 11 nitrogen and oxygen atoms in total. The van der Waals surface area contributed by atoms with E-state index in [9.17, 15) is 14.4 Å². The monoisotopic (exact) mass is 578 g/mol. The Balaban J connectivity index is 1.40. The molecule has 0 saturated heterocycles. The van der Waals surface area contributed by atoms with Crippen LogP contribution in [0.15, 0.2) is 85.3 Å². The van der Waals surface area contributed by atoms with Crippen molar-refractivity contribution in [3.8, 4) is 22.4 Å². The van der Waals surface area contributed by atoms with E-state index in [0.29, 0.717) is 46.1 Å². The van der Waals surface area contributed by atoms with Crippen LogP contribution in [0.5, 0.6) is 0 Å². The Morgan fingerprint density at radius 1 is 0.860 bits per heavy atom. The second-order valence-electron chi connectivity index (χ2n) is 10.2. The molecule has 0 bridgehead atoms. The second-order valence-corrected chi connectivity index (χ2v) is 10.2. The van der Waals surface area contributed by atoms with E-state index in [1.165, 1.54) is 17.2 Å². The standard InChI is InChI=1S/C32H34N8O3/c1-39(2)15-5-6-29(41)38-25-10-7-21(8-11-25)31(42)37-20-26-16-22(13-14-34-26)24-17-27(30(33)36-19-24)28-12-9-23(18-35-28)32(43)40(3)4/h5-14,16-19H,15,20H2,1-4H3,(H2,33,36)(H,37,42)(H,38,41)/b6-5+. The summed E-state index contributed by atoms with van der Waals surface area (Å²) in [7, 11) is 7.21. The van der Waals surface area contributed by atoms with E-state index in [0.717, 1.165) is 11.1 Å². The minimum atomic E-state index is -0.269. The number of anilines is 2. The number of aromatic nitrogens is 3. The number of nitrogens with one attached hydrogen (secondary N) is 2. The molecular weight excluding hydrogens is 544 g/mol. The van der Waals surface area contributed by atoms with Gasteiger partial charge in [-0.05, 0) is 74.3 Å². The van der Waals surface area contributed by atoms with Gasteiger partial charge in [-0.1, -0.05) is 6.08 Å². The van der Waals surface area contributed by atoms with Crippen LogP contribution >= 0.6 is 0 Å². The van der Waals surface area contributed by atoms with Gasteiger partial charge in [0.05, 0.1) is 23.5 Å². The number of benzene rings is 1. The number of amides is 3. The molecule has 0 aliphatic carbocycles. The first-order valence-electron chi connectivity index (χ1n) is 13.5. The Labute approximate surface area is 250 Å². The minimum absolute atomic E-state index is 0.139. The van der Waals surface area contributed by atoms with Crippen LogP contribution in [0, 0.1) is 0 Å². The zero-order valence-electron chi connectivity index (χ0n) is 24.5. The fourth-order valence-electron chi connectivity index (χ4n) is 4.06. The van der Waals surface area contributed by atoms with E-state index in [1.807, 2.05) is 37.2 Å². The molecule has 0 unspecified atom stereocenters. The van der Waals surface area contributed by atoms with Crippen molar-refractivity contribution < 1.29 is 14.4 Å². The van der Waals surface area contributed by atoms with Crippen LogP contribution in [-0.4, -0.2) is 77.2 Å². The Morgan fingerprint density at radius 3 is 2.28 bits per heavy atom. The van der Waals surface area contributed by atoms with Gasteiger partial charge in [0.2, 0.25) is 5.91 Å². The summed E-state index contributed by atoms with van der Waals surface area (Å²) in [5.41, 5.74) is 11.2. The SMILES string of the molecule is CN(C)C/C=C/C(=O)Nc1ccc(C(=O)NCc2cc(-c3cnc(N)c(-c4ccc(C(=O)N(C)C)cn4)c3)ccn2)cc1. The molecule has 3 heterocycles.